The molecule has 1 atom stereocenters. The summed E-state index contributed by atoms with van der Waals surface area (Å²) in [6.45, 7) is 10.2. The number of aryl methyl sites for hydroxylation is 1. The molecule has 0 saturated carbocycles. The highest BCUT2D eigenvalue weighted by molar-refractivity contribution is 5.92. The minimum Gasteiger partial charge on any atom is -0.339 e. The Morgan fingerprint density at radius 2 is 1.70 bits per heavy atom. The quantitative estimate of drug-likeness (QED) is 0.857. The zero-order valence-corrected chi connectivity index (χ0v) is 16.6. The van der Waals surface area contributed by atoms with Crippen LogP contribution in [0.15, 0.2) is 24.3 Å². The third kappa shape index (κ3) is 6.04. The Hall–Kier alpha value is -1.92. The van der Waals surface area contributed by atoms with Gasteiger partial charge in [0.05, 0.1) is 13.1 Å². The lowest BCUT2D eigenvalue weighted by atomic mass is 10.0. The van der Waals surface area contributed by atoms with Crippen molar-refractivity contribution in [3.05, 3.63) is 29.8 Å². The SMILES string of the molecule is Cc1ccc(NC(=O)CN2CCN(C(=O)CN3CCC[C@@H](C)C3)CC2)cc1. The summed E-state index contributed by atoms with van der Waals surface area (Å²) >= 11 is 0. The number of hydrogen-bond donors (Lipinski definition) is 1. The van der Waals surface area contributed by atoms with Crippen LogP contribution in [0.2, 0.25) is 0 Å². The van der Waals surface area contributed by atoms with Crippen LogP contribution in [0.4, 0.5) is 5.69 Å². The zero-order valence-electron chi connectivity index (χ0n) is 16.6. The fourth-order valence-corrected chi connectivity index (χ4v) is 3.92. The Kier molecular flexibility index (Phi) is 6.85. The molecule has 148 valence electrons. The topological polar surface area (TPSA) is 55.9 Å². The number of anilines is 1. The van der Waals surface area contributed by atoms with Crippen molar-refractivity contribution in [2.45, 2.75) is 26.7 Å². The number of nitrogens with one attached hydrogen (secondary N) is 1. The molecule has 2 fully saturated rings. The van der Waals surface area contributed by atoms with E-state index in [0.717, 1.165) is 31.9 Å². The Bertz CT molecular complexity index is 638. The summed E-state index contributed by atoms with van der Waals surface area (Å²) in [5.74, 6) is 0.921. The number of benzene rings is 1. The van der Waals surface area contributed by atoms with E-state index in [-0.39, 0.29) is 11.8 Å². The van der Waals surface area contributed by atoms with Crippen molar-refractivity contribution in [3.63, 3.8) is 0 Å². The lowest BCUT2D eigenvalue weighted by molar-refractivity contribution is -0.134. The standard InChI is InChI=1S/C21H32N4O2/c1-17-5-7-19(8-6-17)22-20(26)15-23-10-12-25(13-11-23)21(27)16-24-9-3-4-18(2)14-24/h5-8,18H,3-4,9-16H2,1-2H3,(H,22,26)/t18-/m1/s1. The molecule has 2 amide bonds. The first-order valence-electron chi connectivity index (χ1n) is 10.1. The smallest absolute Gasteiger partial charge is 0.238 e. The maximum atomic E-state index is 12.6. The molecule has 6 nitrogen and oxygen atoms in total. The van der Waals surface area contributed by atoms with Gasteiger partial charge in [-0.3, -0.25) is 19.4 Å². The van der Waals surface area contributed by atoms with Gasteiger partial charge in [-0.05, 0) is 44.4 Å². The van der Waals surface area contributed by atoms with Crippen LogP contribution in [0.1, 0.15) is 25.3 Å². The number of piperidine rings is 1. The van der Waals surface area contributed by atoms with Crippen LogP contribution in [-0.4, -0.2) is 78.9 Å². The Balaban J connectivity index is 1.38. The average molecular weight is 373 g/mol. The first kappa shape index (κ1) is 19.8. The van der Waals surface area contributed by atoms with Crippen molar-refractivity contribution in [2.75, 3.05) is 57.7 Å². The second kappa shape index (κ2) is 9.33. The molecular weight excluding hydrogens is 340 g/mol. The summed E-state index contributed by atoms with van der Waals surface area (Å²) in [5, 5.41) is 2.94. The monoisotopic (exact) mass is 372 g/mol. The summed E-state index contributed by atoms with van der Waals surface area (Å²) in [7, 11) is 0. The fourth-order valence-electron chi connectivity index (χ4n) is 3.92. The van der Waals surface area contributed by atoms with Crippen LogP contribution >= 0.6 is 0 Å². The number of hydrogen-bond acceptors (Lipinski definition) is 4. The van der Waals surface area contributed by atoms with Gasteiger partial charge in [-0.15, -0.1) is 0 Å². The molecule has 3 rings (SSSR count). The molecule has 6 heteroatoms. The van der Waals surface area contributed by atoms with Gasteiger partial charge in [0.2, 0.25) is 11.8 Å². The second-order valence-electron chi connectivity index (χ2n) is 8.05. The summed E-state index contributed by atoms with van der Waals surface area (Å²) in [6, 6.07) is 7.82. The van der Waals surface area contributed by atoms with Crippen LogP contribution in [0.5, 0.6) is 0 Å². The molecule has 1 aromatic rings. The molecule has 0 radical (unpaired) electrons. The number of carbonyl (C=O) groups excluding carboxylic acids is 2. The van der Waals surface area contributed by atoms with E-state index in [1.54, 1.807) is 0 Å². The molecule has 27 heavy (non-hydrogen) atoms. The highest BCUT2D eigenvalue weighted by Crippen LogP contribution is 2.15. The van der Waals surface area contributed by atoms with E-state index in [2.05, 4.69) is 22.0 Å². The van der Waals surface area contributed by atoms with Gasteiger partial charge < -0.3 is 10.2 Å². The molecule has 0 bridgehead atoms. The third-order valence-electron chi connectivity index (χ3n) is 5.53. The van der Waals surface area contributed by atoms with E-state index in [4.69, 9.17) is 0 Å². The molecule has 2 heterocycles. The fraction of sp³-hybridized carbons (Fsp3) is 0.619. The summed E-state index contributed by atoms with van der Waals surface area (Å²) in [5.41, 5.74) is 2.00. The number of amides is 2. The zero-order chi connectivity index (χ0) is 19.2. The first-order valence-corrected chi connectivity index (χ1v) is 10.1. The minimum absolute atomic E-state index is 0.000865. The maximum Gasteiger partial charge on any atom is 0.238 e. The molecule has 2 aliphatic rings. The normalized spacial score (nSPS) is 21.9. The van der Waals surface area contributed by atoms with Gasteiger partial charge >= 0.3 is 0 Å². The van der Waals surface area contributed by atoms with Crippen molar-refractivity contribution in [3.8, 4) is 0 Å². The van der Waals surface area contributed by atoms with E-state index >= 15 is 0 Å². The van der Waals surface area contributed by atoms with Crippen LogP contribution in [0.3, 0.4) is 0 Å². The number of piperazine rings is 1. The highest BCUT2D eigenvalue weighted by Gasteiger charge is 2.25. The van der Waals surface area contributed by atoms with Gasteiger partial charge in [0.25, 0.3) is 0 Å². The second-order valence-corrected chi connectivity index (χ2v) is 8.05. The number of carbonyl (C=O) groups is 2. The van der Waals surface area contributed by atoms with E-state index < -0.39 is 0 Å². The molecular formula is C21H32N4O2. The van der Waals surface area contributed by atoms with Gasteiger partial charge in [-0.1, -0.05) is 24.6 Å². The van der Waals surface area contributed by atoms with Gasteiger partial charge in [0.1, 0.15) is 0 Å². The Morgan fingerprint density at radius 1 is 1.00 bits per heavy atom. The predicted molar refractivity (Wildman–Crippen MR) is 108 cm³/mol. The van der Waals surface area contributed by atoms with Gasteiger partial charge in [0.15, 0.2) is 0 Å². The van der Waals surface area contributed by atoms with Gasteiger partial charge in [-0.2, -0.15) is 0 Å². The lowest BCUT2D eigenvalue weighted by Gasteiger charge is -2.36. The maximum absolute atomic E-state index is 12.6. The van der Waals surface area contributed by atoms with Crippen molar-refractivity contribution in [1.29, 1.82) is 0 Å². The highest BCUT2D eigenvalue weighted by atomic mass is 16.2. The molecule has 2 aliphatic heterocycles. The molecule has 2 saturated heterocycles. The van der Waals surface area contributed by atoms with E-state index in [1.807, 2.05) is 36.1 Å². The number of likely N-dealkylation sites (tertiary alicyclic amines) is 1. The van der Waals surface area contributed by atoms with Crippen molar-refractivity contribution < 1.29 is 9.59 Å². The summed E-state index contributed by atoms with van der Waals surface area (Å²) in [4.78, 5) is 31.2. The van der Waals surface area contributed by atoms with Crippen LogP contribution in [0.25, 0.3) is 0 Å². The minimum atomic E-state index is 0.000865. The van der Waals surface area contributed by atoms with E-state index in [0.29, 0.717) is 32.1 Å². The largest absolute Gasteiger partial charge is 0.339 e. The van der Waals surface area contributed by atoms with Crippen molar-refractivity contribution in [2.24, 2.45) is 5.92 Å². The number of nitrogens with zero attached hydrogens (tertiary/aromatic N) is 3. The molecule has 1 aromatic carbocycles. The summed E-state index contributed by atoms with van der Waals surface area (Å²) < 4.78 is 0. The van der Waals surface area contributed by atoms with Crippen LogP contribution in [0, 0.1) is 12.8 Å². The van der Waals surface area contributed by atoms with Crippen LogP contribution < -0.4 is 5.32 Å². The lowest BCUT2D eigenvalue weighted by Crippen LogP contribution is -2.53. The van der Waals surface area contributed by atoms with Gasteiger partial charge in [0, 0.05) is 38.4 Å². The predicted octanol–water partition coefficient (Wildman–Crippen LogP) is 1.81. The average Bonchev–Trinajstić information content (AvgIpc) is 2.64. The molecule has 1 N–H and O–H groups in total. The van der Waals surface area contributed by atoms with Crippen molar-refractivity contribution >= 4 is 17.5 Å². The molecule has 0 aromatic heterocycles. The molecule has 0 aliphatic carbocycles. The number of rotatable bonds is 5. The van der Waals surface area contributed by atoms with E-state index in [9.17, 15) is 9.59 Å². The third-order valence-corrected chi connectivity index (χ3v) is 5.53. The first-order chi connectivity index (χ1) is 13.0. The van der Waals surface area contributed by atoms with Crippen molar-refractivity contribution in [1.82, 2.24) is 14.7 Å². The molecule has 0 unspecified atom stereocenters. The van der Waals surface area contributed by atoms with Gasteiger partial charge in [-0.25, -0.2) is 0 Å². The molecule has 0 spiro atoms. The van der Waals surface area contributed by atoms with Crippen LogP contribution in [-0.2, 0) is 9.59 Å². The Morgan fingerprint density at radius 3 is 2.37 bits per heavy atom. The summed E-state index contributed by atoms with van der Waals surface area (Å²) in [6.07, 6.45) is 2.46. The Labute approximate surface area is 162 Å². The van der Waals surface area contributed by atoms with E-state index in [1.165, 1.54) is 18.4 Å².